The van der Waals surface area contributed by atoms with Crippen molar-refractivity contribution in [3.63, 3.8) is 0 Å². The van der Waals surface area contributed by atoms with Gasteiger partial charge < -0.3 is 20.1 Å². The van der Waals surface area contributed by atoms with Crippen LogP contribution in [0.15, 0.2) is 24.4 Å². The molecule has 1 aromatic heterocycles. The highest BCUT2D eigenvalue weighted by atomic mass is 35.5. The van der Waals surface area contributed by atoms with Crippen molar-refractivity contribution in [1.29, 1.82) is 0 Å². The molecule has 8 heteroatoms. The lowest BCUT2D eigenvalue weighted by Crippen LogP contribution is -2.07. The van der Waals surface area contributed by atoms with E-state index in [4.69, 9.17) is 21.1 Å². The van der Waals surface area contributed by atoms with Gasteiger partial charge in [-0.25, -0.2) is 4.98 Å². The lowest BCUT2D eigenvalue weighted by atomic mass is 10.2. The molecule has 1 heterocycles. The number of halogens is 1. The summed E-state index contributed by atoms with van der Waals surface area (Å²) in [7, 11) is 3.05. The lowest BCUT2D eigenvalue weighted by Gasteiger charge is -2.14. The highest BCUT2D eigenvalue weighted by Gasteiger charge is 2.11. The van der Waals surface area contributed by atoms with E-state index in [9.17, 15) is 4.79 Å². The minimum atomic E-state index is -0.168. The van der Waals surface area contributed by atoms with E-state index in [-0.39, 0.29) is 11.2 Å². The molecule has 22 heavy (non-hydrogen) atoms. The quantitative estimate of drug-likeness (QED) is 0.823. The van der Waals surface area contributed by atoms with Crippen LogP contribution in [0.1, 0.15) is 6.92 Å². The summed E-state index contributed by atoms with van der Waals surface area (Å²) in [6.07, 6.45) is 1.46. The van der Waals surface area contributed by atoms with Crippen LogP contribution in [0.5, 0.6) is 11.5 Å². The van der Waals surface area contributed by atoms with Crippen molar-refractivity contribution in [2.24, 2.45) is 0 Å². The summed E-state index contributed by atoms with van der Waals surface area (Å²) < 4.78 is 10.5. The molecule has 0 aliphatic heterocycles. The first-order valence-corrected chi connectivity index (χ1v) is 6.70. The Bertz CT molecular complexity index is 694. The van der Waals surface area contributed by atoms with Gasteiger partial charge in [0.05, 0.1) is 26.1 Å². The highest BCUT2D eigenvalue weighted by Crippen LogP contribution is 2.33. The SMILES string of the molecule is COc1ccc(NC(C)=O)cc1Nc1nc(Cl)ncc1OC. The van der Waals surface area contributed by atoms with Gasteiger partial charge in [-0.05, 0) is 29.8 Å². The zero-order valence-corrected chi connectivity index (χ0v) is 13.1. The van der Waals surface area contributed by atoms with Crippen molar-refractivity contribution < 1.29 is 14.3 Å². The minimum absolute atomic E-state index is 0.0836. The fourth-order valence-corrected chi connectivity index (χ4v) is 1.94. The summed E-state index contributed by atoms with van der Waals surface area (Å²) in [5.74, 6) is 1.22. The molecule has 2 N–H and O–H groups in total. The van der Waals surface area contributed by atoms with Crippen LogP contribution in [-0.2, 0) is 4.79 Å². The molecule has 116 valence electrons. The van der Waals surface area contributed by atoms with Crippen molar-refractivity contribution in [3.8, 4) is 11.5 Å². The second-order valence-corrected chi connectivity index (χ2v) is 4.62. The first kappa shape index (κ1) is 15.8. The van der Waals surface area contributed by atoms with E-state index in [1.165, 1.54) is 20.2 Å². The third kappa shape index (κ3) is 3.76. The molecular weight excluding hydrogens is 308 g/mol. The number of aromatic nitrogens is 2. The molecule has 1 aromatic carbocycles. The van der Waals surface area contributed by atoms with Gasteiger partial charge in [-0.2, -0.15) is 4.98 Å². The maximum Gasteiger partial charge on any atom is 0.224 e. The Hall–Kier alpha value is -2.54. The Balaban J connectivity index is 2.38. The molecule has 0 unspecified atom stereocenters. The number of ether oxygens (including phenoxy) is 2. The van der Waals surface area contributed by atoms with Crippen LogP contribution in [0.2, 0.25) is 5.28 Å². The van der Waals surface area contributed by atoms with Crippen LogP contribution in [0.25, 0.3) is 0 Å². The number of nitrogens with zero attached hydrogens (tertiary/aromatic N) is 2. The molecule has 0 saturated carbocycles. The maximum absolute atomic E-state index is 11.2. The largest absolute Gasteiger partial charge is 0.495 e. The number of methoxy groups -OCH3 is 2. The van der Waals surface area contributed by atoms with Crippen LogP contribution in [0.3, 0.4) is 0 Å². The number of nitrogens with one attached hydrogen (secondary N) is 2. The number of hydrogen-bond acceptors (Lipinski definition) is 6. The van der Waals surface area contributed by atoms with Gasteiger partial charge in [0.25, 0.3) is 0 Å². The first-order valence-electron chi connectivity index (χ1n) is 6.32. The van der Waals surface area contributed by atoms with E-state index in [1.807, 2.05) is 0 Å². The van der Waals surface area contributed by atoms with Gasteiger partial charge in [0.15, 0.2) is 11.6 Å². The molecule has 0 aliphatic carbocycles. The van der Waals surface area contributed by atoms with Crippen molar-refractivity contribution >= 4 is 34.7 Å². The van der Waals surface area contributed by atoms with E-state index < -0.39 is 0 Å². The predicted octanol–water partition coefficient (Wildman–Crippen LogP) is 2.85. The zero-order chi connectivity index (χ0) is 16.1. The van der Waals surface area contributed by atoms with Crippen LogP contribution in [-0.4, -0.2) is 30.1 Å². The standard InChI is InChI=1S/C14H15ClN4O3/c1-8(20)17-9-4-5-11(21-2)10(6-9)18-13-12(22-3)7-16-14(15)19-13/h4-7H,1-3H3,(H,17,20)(H,16,18,19). The van der Waals surface area contributed by atoms with Gasteiger partial charge >= 0.3 is 0 Å². The third-order valence-corrected chi connectivity index (χ3v) is 2.90. The van der Waals surface area contributed by atoms with E-state index >= 15 is 0 Å². The Morgan fingerprint density at radius 2 is 1.95 bits per heavy atom. The maximum atomic E-state index is 11.2. The molecule has 0 saturated heterocycles. The predicted molar refractivity (Wildman–Crippen MR) is 84.2 cm³/mol. The van der Waals surface area contributed by atoms with Crippen molar-refractivity contribution in [3.05, 3.63) is 29.7 Å². The molecule has 0 fully saturated rings. The number of rotatable bonds is 5. The Morgan fingerprint density at radius 1 is 1.23 bits per heavy atom. The molecule has 0 bridgehead atoms. The van der Waals surface area contributed by atoms with Gasteiger partial charge in [0.1, 0.15) is 5.75 Å². The Kier molecular flexibility index (Phi) is 5.00. The van der Waals surface area contributed by atoms with Gasteiger partial charge in [0.2, 0.25) is 11.2 Å². The van der Waals surface area contributed by atoms with Crippen LogP contribution in [0.4, 0.5) is 17.2 Å². The van der Waals surface area contributed by atoms with Crippen molar-refractivity contribution in [1.82, 2.24) is 9.97 Å². The van der Waals surface area contributed by atoms with Crippen LogP contribution in [0, 0.1) is 0 Å². The number of hydrogen-bond donors (Lipinski definition) is 2. The number of amides is 1. The van der Waals surface area contributed by atoms with E-state index in [2.05, 4.69) is 20.6 Å². The van der Waals surface area contributed by atoms with E-state index in [0.29, 0.717) is 28.7 Å². The monoisotopic (exact) mass is 322 g/mol. The number of carbonyl (C=O) groups excluding carboxylic acids is 1. The smallest absolute Gasteiger partial charge is 0.224 e. The normalized spacial score (nSPS) is 10.0. The summed E-state index contributed by atoms with van der Waals surface area (Å²) in [5.41, 5.74) is 1.22. The average Bonchev–Trinajstić information content (AvgIpc) is 2.47. The minimum Gasteiger partial charge on any atom is -0.495 e. The summed E-state index contributed by atoms with van der Waals surface area (Å²) in [4.78, 5) is 19.1. The fraction of sp³-hybridized carbons (Fsp3) is 0.214. The van der Waals surface area contributed by atoms with Crippen molar-refractivity contribution in [2.45, 2.75) is 6.92 Å². The Morgan fingerprint density at radius 3 is 2.59 bits per heavy atom. The summed E-state index contributed by atoms with van der Waals surface area (Å²) in [6, 6.07) is 5.17. The molecule has 0 aliphatic rings. The van der Waals surface area contributed by atoms with Crippen LogP contribution >= 0.6 is 11.6 Å². The molecule has 7 nitrogen and oxygen atoms in total. The molecule has 2 aromatic rings. The Labute approximate surface area is 132 Å². The number of anilines is 3. The summed E-state index contributed by atoms with van der Waals surface area (Å²) in [6.45, 7) is 1.44. The van der Waals surface area contributed by atoms with Gasteiger partial charge in [-0.15, -0.1) is 0 Å². The molecule has 2 rings (SSSR count). The second-order valence-electron chi connectivity index (χ2n) is 4.28. The van der Waals surface area contributed by atoms with Gasteiger partial charge in [0, 0.05) is 12.6 Å². The lowest BCUT2D eigenvalue weighted by molar-refractivity contribution is -0.114. The topological polar surface area (TPSA) is 85.4 Å². The summed E-state index contributed by atoms with van der Waals surface area (Å²) in [5, 5.41) is 5.84. The number of benzene rings is 1. The molecule has 0 spiro atoms. The summed E-state index contributed by atoms with van der Waals surface area (Å²) >= 11 is 5.81. The number of carbonyl (C=O) groups is 1. The van der Waals surface area contributed by atoms with Crippen molar-refractivity contribution in [2.75, 3.05) is 24.9 Å². The van der Waals surface area contributed by atoms with Gasteiger partial charge in [-0.1, -0.05) is 0 Å². The molecular formula is C14H15ClN4O3. The van der Waals surface area contributed by atoms with Gasteiger partial charge in [-0.3, -0.25) is 4.79 Å². The second kappa shape index (κ2) is 6.95. The highest BCUT2D eigenvalue weighted by molar-refractivity contribution is 6.28. The third-order valence-electron chi connectivity index (χ3n) is 2.72. The molecule has 1 amide bonds. The molecule has 0 radical (unpaired) electrons. The van der Waals surface area contributed by atoms with Crippen LogP contribution < -0.4 is 20.1 Å². The molecule has 0 atom stereocenters. The van der Waals surface area contributed by atoms with E-state index in [1.54, 1.807) is 25.3 Å². The zero-order valence-electron chi connectivity index (χ0n) is 12.3. The van der Waals surface area contributed by atoms with E-state index in [0.717, 1.165) is 0 Å². The fourth-order valence-electron chi connectivity index (χ4n) is 1.80. The first-order chi connectivity index (χ1) is 10.5. The average molecular weight is 323 g/mol.